The van der Waals surface area contributed by atoms with Crippen molar-refractivity contribution in [2.75, 3.05) is 6.54 Å². The number of benzene rings is 1. The zero-order valence-corrected chi connectivity index (χ0v) is 12.7. The van der Waals surface area contributed by atoms with Crippen LogP contribution in [0.4, 0.5) is 9.18 Å². The number of carboxylic acid groups (broad SMARTS) is 1. The summed E-state index contributed by atoms with van der Waals surface area (Å²) in [5.74, 6) is -1.41. The predicted octanol–water partition coefficient (Wildman–Crippen LogP) is 2.70. The summed E-state index contributed by atoms with van der Waals surface area (Å²) < 4.78 is 13.5. The van der Waals surface area contributed by atoms with Crippen molar-refractivity contribution in [2.24, 2.45) is 0 Å². The van der Waals surface area contributed by atoms with Gasteiger partial charge in [0.25, 0.3) is 0 Å². The minimum Gasteiger partial charge on any atom is -0.480 e. The van der Waals surface area contributed by atoms with Crippen LogP contribution < -0.4 is 5.32 Å². The maximum atomic E-state index is 13.5. The third-order valence-corrected chi connectivity index (χ3v) is 3.23. The first-order valence-electron chi connectivity index (χ1n) is 6.77. The van der Waals surface area contributed by atoms with Gasteiger partial charge in [-0.15, -0.1) is 0 Å². The van der Waals surface area contributed by atoms with Crippen LogP contribution in [0.3, 0.4) is 0 Å². The summed E-state index contributed by atoms with van der Waals surface area (Å²) in [7, 11) is 0. The molecule has 1 aromatic rings. The van der Waals surface area contributed by atoms with Gasteiger partial charge in [0.05, 0.1) is 6.04 Å². The van der Waals surface area contributed by atoms with Crippen molar-refractivity contribution < 1.29 is 19.1 Å². The second-order valence-electron chi connectivity index (χ2n) is 5.30. The zero-order chi connectivity index (χ0) is 16.2. The molecule has 116 valence electrons. The van der Waals surface area contributed by atoms with Crippen LogP contribution >= 0.6 is 0 Å². The summed E-state index contributed by atoms with van der Waals surface area (Å²) in [6.07, 6.45) is 0. The number of hydrogen-bond donors (Lipinski definition) is 2. The molecule has 0 heterocycles. The van der Waals surface area contributed by atoms with Gasteiger partial charge in [0.15, 0.2) is 0 Å². The summed E-state index contributed by atoms with van der Waals surface area (Å²) >= 11 is 0. The molecule has 0 fully saturated rings. The fourth-order valence-corrected chi connectivity index (χ4v) is 1.86. The Hall–Kier alpha value is -2.11. The Labute approximate surface area is 123 Å². The van der Waals surface area contributed by atoms with Crippen LogP contribution in [-0.4, -0.2) is 34.6 Å². The summed E-state index contributed by atoms with van der Waals surface area (Å²) in [6.45, 7) is 6.48. The molecule has 2 amide bonds. The van der Waals surface area contributed by atoms with Crippen molar-refractivity contribution in [3.8, 4) is 0 Å². The van der Waals surface area contributed by atoms with Crippen LogP contribution in [0.2, 0.25) is 0 Å². The molecule has 1 aromatic carbocycles. The molecular formula is C15H21FN2O3. The summed E-state index contributed by atoms with van der Waals surface area (Å²) in [6, 6.07) is 3.61. The van der Waals surface area contributed by atoms with Gasteiger partial charge >= 0.3 is 12.0 Å². The van der Waals surface area contributed by atoms with Crippen LogP contribution in [0.25, 0.3) is 0 Å². The van der Waals surface area contributed by atoms with Gasteiger partial charge in [-0.2, -0.15) is 0 Å². The number of carboxylic acids is 1. The molecule has 0 radical (unpaired) electrons. The number of carbonyl (C=O) groups excluding carboxylic acids is 1. The number of hydrogen-bond acceptors (Lipinski definition) is 2. The summed E-state index contributed by atoms with van der Waals surface area (Å²) in [4.78, 5) is 24.1. The van der Waals surface area contributed by atoms with Crippen molar-refractivity contribution in [3.63, 3.8) is 0 Å². The fourth-order valence-electron chi connectivity index (χ4n) is 1.86. The van der Waals surface area contributed by atoms with Crippen LogP contribution in [0.1, 0.15) is 37.9 Å². The minimum absolute atomic E-state index is 0.247. The lowest BCUT2D eigenvalue weighted by atomic mass is 10.1. The van der Waals surface area contributed by atoms with Gasteiger partial charge in [-0.05, 0) is 44.9 Å². The highest BCUT2D eigenvalue weighted by Gasteiger charge is 2.21. The Bertz CT molecular complexity index is 532. The third-order valence-electron chi connectivity index (χ3n) is 3.23. The van der Waals surface area contributed by atoms with E-state index >= 15 is 0 Å². The van der Waals surface area contributed by atoms with Gasteiger partial charge in [-0.3, -0.25) is 4.79 Å². The van der Waals surface area contributed by atoms with E-state index in [0.717, 1.165) is 0 Å². The normalized spacial score (nSPS) is 12.1. The van der Waals surface area contributed by atoms with Gasteiger partial charge in [0.2, 0.25) is 0 Å². The first kappa shape index (κ1) is 16.9. The fraction of sp³-hybridized carbons (Fsp3) is 0.467. The second kappa shape index (κ2) is 7.06. The smallest absolute Gasteiger partial charge is 0.323 e. The Morgan fingerprint density at radius 1 is 1.33 bits per heavy atom. The van der Waals surface area contributed by atoms with Crippen LogP contribution in [0, 0.1) is 12.7 Å². The van der Waals surface area contributed by atoms with Gasteiger partial charge in [-0.25, -0.2) is 9.18 Å². The number of halogens is 1. The van der Waals surface area contributed by atoms with Gasteiger partial charge < -0.3 is 15.3 Å². The zero-order valence-electron chi connectivity index (χ0n) is 12.7. The summed E-state index contributed by atoms with van der Waals surface area (Å²) in [5, 5.41) is 11.5. The molecule has 0 bridgehead atoms. The Balaban J connectivity index is 2.79. The predicted molar refractivity (Wildman–Crippen MR) is 77.6 cm³/mol. The first-order chi connectivity index (χ1) is 9.72. The number of urea groups is 1. The number of carbonyl (C=O) groups is 2. The molecule has 1 atom stereocenters. The average molecular weight is 296 g/mol. The molecular weight excluding hydrogens is 275 g/mol. The molecule has 0 saturated heterocycles. The average Bonchev–Trinajstić information content (AvgIpc) is 2.38. The summed E-state index contributed by atoms with van der Waals surface area (Å²) in [5.41, 5.74) is 1.16. The molecule has 0 saturated carbocycles. The van der Waals surface area contributed by atoms with Crippen molar-refractivity contribution in [3.05, 3.63) is 35.1 Å². The molecule has 6 heteroatoms. The van der Waals surface area contributed by atoms with Crippen molar-refractivity contribution >= 4 is 12.0 Å². The van der Waals surface area contributed by atoms with Gasteiger partial charge in [0.1, 0.15) is 12.4 Å². The second-order valence-corrected chi connectivity index (χ2v) is 5.30. The van der Waals surface area contributed by atoms with Crippen molar-refractivity contribution in [1.29, 1.82) is 0 Å². The molecule has 0 aliphatic carbocycles. The molecule has 0 aromatic heterocycles. The first-order valence-corrected chi connectivity index (χ1v) is 6.77. The highest BCUT2D eigenvalue weighted by Crippen LogP contribution is 2.16. The number of aryl methyl sites for hydroxylation is 1. The SMILES string of the molecule is Cc1ccc(C(C)NC(=O)N(CC(=O)O)C(C)C)cc1F. The lowest BCUT2D eigenvalue weighted by Gasteiger charge is -2.27. The quantitative estimate of drug-likeness (QED) is 0.877. The highest BCUT2D eigenvalue weighted by molar-refractivity contribution is 5.80. The van der Waals surface area contributed by atoms with Crippen molar-refractivity contribution in [2.45, 2.75) is 39.8 Å². The molecule has 1 unspecified atom stereocenters. The van der Waals surface area contributed by atoms with E-state index in [-0.39, 0.29) is 18.4 Å². The van der Waals surface area contributed by atoms with E-state index in [1.807, 2.05) is 0 Å². The van der Waals surface area contributed by atoms with E-state index in [2.05, 4.69) is 5.32 Å². The van der Waals surface area contributed by atoms with Gasteiger partial charge in [0, 0.05) is 6.04 Å². The molecule has 0 aliphatic heterocycles. The molecule has 2 N–H and O–H groups in total. The van der Waals surface area contributed by atoms with E-state index in [1.165, 1.54) is 11.0 Å². The van der Waals surface area contributed by atoms with E-state index in [0.29, 0.717) is 11.1 Å². The van der Waals surface area contributed by atoms with Gasteiger partial charge in [-0.1, -0.05) is 12.1 Å². The molecule has 5 nitrogen and oxygen atoms in total. The topological polar surface area (TPSA) is 69.6 Å². The lowest BCUT2D eigenvalue weighted by Crippen LogP contribution is -2.47. The number of amides is 2. The third kappa shape index (κ3) is 4.73. The maximum absolute atomic E-state index is 13.5. The van der Waals surface area contributed by atoms with E-state index < -0.39 is 18.0 Å². The Morgan fingerprint density at radius 2 is 1.95 bits per heavy atom. The number of nitrogens with one attached hydrogen (secondary N) is 1. The molecule has 21 heavy (non-hydrogen) atoms. The van der Waals surface area contributed by atoms with Crippen molar-refractivity contribution in [1.82, 2.24) is 10.2 Å². The van der Waals surface area contributed by atoms with E-state index in [4.69, 9.17) is 5.11 Å². The molecule has 1 rings (SSSR count). The number of aliphatic carboxylic acids is 1. The highest BCUT2D eigenvalue weighted by atomic mass is 19.1. The maximum Gasteiger partial charge on any atom is 0.323 e. The Kier molecular flexibility index (Phi) is 5.69. The van der Waals surface area contributed by atoms with E-state index in [1.54, 1.807) is 39.8 Å². The monoisotopic (exact) mass is 296 g/mol. The number of nitrogens with zero attached hydrogens (tertiary/aromatic N) is 1. The Morgan fingerprint density at radius 3 is 2.43 bits per heavy atom. The lowest BCUT2D eigenvalue weighted by molar-refractivity contribution is -0.138. The van der Waals surface area contributed by atoms with Crippen LogP contribution in [0.15, 0.2) is 18.2 Å². The largest absolute Gasteiger partial charge is 0.480 e. The molecule has 0 spiro atoms. The van der Waals surface area contributed by atoms with Crippen LogP contribution in [0.5, 0.6) is 0 Å². The number of rotatable bonds is 5. The minimum atomic E-state index is -1.08. The van der Waals surface area contributed by atoms with Crippen LogP contribution in [-0.2, 0) is 4.79 Å². The standard InChI is InChI=1S/C15H21FN2O3/c1-9(2)18(8-14(19)20)15(21)17-11(4)12-6-5-10(3)13(16)7-12/h5-7,9,11H,8H2,1-4H3,(H,17,21)(H,19,20). The molecule has 0 aliphatic rings. The van der Waals surface area contributed by atoms with E-state index in [9.17, 15) is 14.0 Å².